The van der Waals surface area contributed by atoms with Crippen molar-refractivity contribution in [1.82, 2.24) is 10.2 Å². The number of carbonyl (C=O) groups is 2. The van der Waals surface area contributed by atoms with Crippen LogP contribution in [0.5, 0.6) is 0 Å². The van der Waals surface area contributed by atoms with Crippen molar-refractivity contribution in [3.63, 3.8) is 0 Å². The molecule has 2 amide bonds. The highest BCUT2D eigenvalue weighted by atomic mass is 32.2. The Labute approximate surface area is 179 Å². The molecule has 156 valence electrons. The molecule has 1 atom stereocenters. The molecule has 0 spiro atoms. The summed E-state index contributed by atoms with van der Waals surface area (Å²) < 4.78 is 0. The molecule has 0 aliphatic rings. The molecule has 0 aromatic heterocycles. The zero-order valence-corrected chi connectivity index (χ0v) is 18.3. The van der Waals surface area contributed by atoms with E-state index in [9.17, 15) is 9.59 Å². The summed E-state index contributed by atoms with van der Waals surface area (Å²) in [6.45, 7) is 5.00. The first kappa shape index (κ1) is 23.0. The molecule has 1 unspecified atom stereocenters. The van der Waals surface area contributed by atoms with Crippen LogP contribution in [0, 0.1) is 0 Å². The summed E-state index contributed by atoms with van der Waals surface area (Å²) in [5, 5.41) is 2.88. The van der Waals surface area contributed by atoms with Gasteiger partial charge in [-0.05, 0) is 30.9 Å². The van der Waals surface area contributed by atoms with Crippen LogP contribution >= 0.6 is 11.8 Å². The maximum absolute atomic E-state index is 13.0. The van der Waals surface area contributed by atoms with Crippen LogP contribution in [0.15, 0.2) is 60.7 Å². The van der Waals surface area contributed by atoms with E-state index < -0.39 is 6.04 Å². The third kappa shape index (κ3) is 7.94. The van der Waals surface area contributed by atoms with E-state index in [0.29, 0.717) is 25.9 Å². The van der Waals surface area contributed by atoms with Crippen LogP contribution in [-0.4, -0.2) is 41.6 Å². The van der Waals surface area contributed by atoms with Crippen LogP contribution in [0.25, 0.3) is 0 Å². The number of nitrogens with zero attached hydrogens (tertiary/aromatic N) is 1. The van der Waals surface area contributed by atoms with Gasteiger partial charge in [-0.3, -0.25) is 9.59 Å². The second-order valence-electron chi connectivity index (χ2n) is 6.93. The van der Waals surface area contributed by atoms with Crippen molar-refractivity contribution in [1.29, 1.82) is 0 Å². The van der Waals surface area contributed by atoms with Gasteiger partial charge in [-0.2, -0.15) is 11.8 Å². The molecule has 2 aromatic carbocycles. The zero-order chi connectivity index (χ0) is 20.9. The van der Waals surface area contributed by atoms with E-state index in [2.05, 4.69) is 29.6 Å². The van der Waals surface area contributed by atoms with Crippen LogP contribution < -0.4 is 5.32 Å². The minimum absolute atomic E-state index is 0.0552. The first-order valence-corrected chi connectivity index (χ1v) is 11.5. The van der Waals surface area contributed by atoms with E-state index in [1.165, 1.54) is 11.1 Å². The fourth-order valence-electron chi connectivity index (χ4n) is 3.26. The normalized spacial score (nSPS) is 11.7. The smallest absolute Gasteiger partial charge is 0.242 e. The molecule has 0 saturated heterocycles. The van der Waals surface area contributed by atoms with Crippen LogP contribution in [0.2, 0.25) is 0 Å². The lowest BCUT2D eigenvalue weighted by Gasteiger charge is -2.30. The lowest BCUT2D eigenvalue weighted by atomic mass is 10.1. The van der Waals surface area contributed by atoms with Crippen LogP contribution in [0.1, 0.15) is 37.8 Å². The standard InChI is InChI=1S/C24H32N2O2S/c1-3-22(24(28)25-4-2)26(17-15-20-11-7-5-8-12-20)23(27)16-18-29-19-21-13-9-6-10-14-21/h5-14,22H,3-4,15-19H2,1-2H3,(H,25,28). The van der Waals surface area contributed by atoms with Crippen molar-refractivity contribution in [3.05, 3.63) is 71.8 Å². The highest BCUT2D eigenvalue weighted by Gasteiger charge is 2.27. The molecular formula is C24H32N2O2S. The summed E-state index contributed by atoms with van der Waals surface area (Å²) in [6, 6.07) is 20.0. The summed E-state index contributed by atoms with van der Waals surface area (Å²) in [7, 11) is 0. The summed E-state index contributed by atoms with van der Waals surface area (Å²) in [5.41, 5.74) is 2.44. The molecule has 2 rings (SSSR count). The van der Waals surface area contributed by atoms with E-state index in [1.807, 2.05) is 50.2 Å². The highest BCUT2D eigenvalue weighted by molar-refractivity contribution is 7.98. The summed E-state index contributed by atoms with van der Waals surface area (Å²) in [6.07, 6.45) is 1.81. The van der Waals surface area contributed by atoms with Crippen molar-refractivity contribution < 1.29 is 9.59 Å². The first-order chi connectivity index (χ1) is 14.2. The van der Waals surface area contributed by atoms with E-state index >= 15 is 0 Å². The predicted octanol–water partition coefficient (Wildman–Crippen LogP) is 4.30. The Morgan fingerprint density at radius 3 is 2.17 bits per heavy atom. The number of likely N-dealkylation sites (N-methyl/N-ethyl adjacent to an activating group) is 1. The Hall–Kier alpha value is -2.27. The fraction of sp³-hybridized carbons (Fsp3) is 0.417. The van der Waals surface area contributed by atoms with Crippen LogP contribution in [0.4, 0.5) is 0 Å². The molecule has 0 saturated carbocycles. The molecular weight excluding hydrogens is 380 g/mol. The van der Waals surface area contributed by atoms with Gasteiger partial charge in [0.05, 0.1) is 0 Å². The molecule has 0 fully saturated rings. The largest absolute Gasteiger partial charge is 0.355 e. The maximum atomic E-state index is 13.0. The SMILES string of the molecule is CCNC(=O)C(CC)N(CCc1ccccc1)C(=O)CCSCc1ccccc1. The number of hydrogen-bond acceptors (Lipinski definition) is 3. The minimum atomic E-state index is -0.412. The quantitative estimate of drug-likeness (QED) is 0.529. The van der Waals surface area contributed by atoms with Crippen molar-refractivity contribution in [3.8, 4) is 0 Å². The summed E-state index contributed by atoms with van der Waals surface area (Å²) in [5.74, 6) is 1.64. The Bertz CT molecular complexity index is 737. The average molecular weight is 413 g/mol. The molecule has 2 aromatic rings. The van der Waals surface area contributed by atoms with Gasteiger partial charge in [0.1, 0.15) is 6.04 Å². The van der Waals surface area contributed by atoms with E-state index in [1.54, 1.807) is 16.7 Å². The van der Waals surface area contributed by atoms with Gasteiger partial charge in [0.15, 0.2) is 0 Å². The van der Waals surface area contributed by atoms with Crippen molar-refractivity contribution in [2.45, 2.75) is 44.9 Å². The van der Waals surface area contributed by atoms with Crippen molar-refractivity contribution in [2.24, 2.45) is 0 Å². The Balaban J connectivity index is 1.96. The van der Waals surface area contributed by atoms with Gasteiger partial charge in [0.25, 0.3) is 0 Å². The van der Waals surface area contributed by atoms with Gasteiger partial charge in [0, 0.05) is 31.0 Å². The Morgan fingerprint density at radius 2 is 1.59 bits per heavy atom. The number of carbonyl (C=O) groups excluding carboxylic acids is 2. The van der Waals surface area contributed by atoms with Gasteiger partial charge in [-0.15, -0.1) is 0 Å². The van der Waals surface area contributed by atoms with Crippen molar-refractivity contribution in [2.75, 3.05) is 18.8 Å². The molecule has 5 heteroatoms. The monoisotopic (exact) mass is 412 g/mol. The van der Waals surface area contributed by atoms with Crippen LogP contribution in [0.3, 0.4) is 0 Å². The molecule has 1 N–H and O–H groups in total. The average Bonchev–Trinajstić information content (AvgIpc) is 2.75. The number of hydrogen-bond donors (Lipinski definition) is 1. The van der Waals surface area contributed by atoms with E-state index in [0.717, 1.165) is 17.9 Å². The molecule has 0 bridgehead atoms. The lowest BCUT2D eigenvalue weighted by Crippen LogP contribution is -2.50. The summed E-state index contributed by atoms with van der Waals surface area (Å²) in [4.78, 5) is 27.3. The highest BCUT2D eigenvalue weighted by Crippen LogP contribution is 2.15. The van der Waals surface area contributed by atoms with Gasteiger partial charge < -0.3 is 10.2 Å². The molecule has 0 aliphatic heterocycles. The van der Waals surface area contributed by atoms with Gasteiger partial charge >= 0.3 is 0 Å². The number of nitrogens with one attached hydrogen (secondary N) is 1. The topological polar surface area (TPSA) is 49.4 Å². The molecule has 4 nitrogen and oxygen atoms in total. The third-order valence-electron chi connectivity index (χ3n) is 4.79. The molecule has 0 radical (unpaired) electrons. The molecule has 0 heterocycles. The fourth-order valence-corrected chi connectivity index (χ4v) is 4.15. The number of amides is 2. The predicted molar refractivity (Wildman–Crippen MR) is 122 cm³/mol. The molecule has 0 aliphatic carbocycles. The summed E-state index contributed by atoms with van der Waals surface area (Å²) >= 11 is 1.76. The Morgan fingerprint density at radius 1 is 0.966 bits per heavy atom. The number of thioether (sulfide) groups is 1. The number of rotatable bonds is 12. The van der Waals surface area contributed by atoms with E-state index in [-0.39, 0.29) is 11.8 Å². The Kier molecular flexibility index (Phi) is 10.4. The second-order valence-corrected chi connectivity index (χ2v) is 8.03. The lowest BCUT2D eigenvalue weighted by molar-refractivity contribution is -0.140. The van der Waals surface area contributed by atoms with Crippen molar-refractivity contribution >= 4 is 23.6 Å². The first-order valence-electron chi connectivity index (χ1n) is 10.4. The maximum Gasteiger partial charge on any atom is 0.242 e. The van der Waals surface area contributed by atoms with Gasteiger partial charge in [0.2, 0.25) is 11.8 Å². The second kappa shape index (κ2) is 13.0. The molecule has 29 heavy (non-hydrogen) atoms. The number of benzene rings is 2. The van der Waals surface area contributed by atoms with Gasteiger partial charge in [-0.1, -0.05) is 67.6 Å². The zero-order valence-electron chi connectivity index (χ0n) is 17.5. The van der Waals surface area contributed by atoms with Gasteiger partial charge in [-0.25, -0.2) is 0 Å². The van der Waals surface area contributed by atoms with E-state index in [4.69, 9.17) is 0 Å². The third-order valence-corrected chi connectivity index (χ3v) is 5.82. The minimum Gasteiger partial charge on any atom is -0.355 e. The van der Waals surface area contributed by atoms with Crippen LogP contribution in [-0.2, 0) is 21.8 Å².